The summed E-state index contributed by atoms with van der Waals surface area (Å²) in [7, 11) is 0. The number of amides is 1. The summed E-state index contributed by atoms with van der Waals surface area (Å²) in [4.78, 5) is 12.1. The number of hydrogen-bond acceptors (Lipinski definition) is 3. The van der Waals surface area contributed by atoms with Gasteiger partial charge in [0.15, 0.2) is 0 Å². The molecule has 0 aromatic heterocycles. The lowest BCUT2D eigenvalue weighted by atomic mass is 9.92. The predicted molar refractivity (Wildman–Crippen MR) is 96.1 cm³/mol. The Hall–Kier alpha value is -0.710. The van der Waals surface area contributed by atoms with Crippen LogP contribution in [-0.2, 0) is 10.2 Å². The van der Waals surface area contributed by atoms with Crippen LogP contribution >= 0.6 is 24.2 Å². The first-order valence-corrected chi connectivity index (χ1v) is 8.99. The molecule has 1 aliphatic carbocycles. The van der Waals surface area contributed by atoms with E-state index in [1.807, 2.05) is 11.8 Å². The standard InChI is InChI=1S/C17H24N2OS.ClH/c1-13-4-2-3-5-15(13)17(6-7-17)12-19-16(20)10-14-11-21-9-8-18-14;/h2-5,14,18H,6-12H2,1H3,(H,19,20);1H. The Morgan fingerprint density at radius 1 is 1.41 bits per heavy atom. The van der Waals surface area contributed by atoms with Gasteiger partial charge in [-0.05, 0) is 30.9 Å². The van der Waals surface area contributed by atoms with Crippen LogP contribution in [0.4, 0.5) is 0 Å². The van der Waals surface area contributed by atoms with Gasteiger partial charge in [-0.2, -0.15) is 11.8 Å². The summed E-state index contributed by atoms with van der Waals surface area (Å²) in [6.07, 6.45) is 2.99. The van der Waals surface area contributed by atoms with Crippen LogP contribution < -0.4 is 10.6 Å². The maximum Gasteiger partial charge on any atom is 0.221 e. The fourth-order valence-electron chi connectivity index (χ4n) is 3.17. The zero-order chi connectivity index (χ0) is 14.7. The topological polar surface area (TPSA) is 41.1 Å². The molecule has 1 unspecified atom stereocenters. The number of thioether (sulfide) groups is 1. The highest BCUT2D eigenvalue weighted by atomic mass is 35.5. The van der Waals surface area contributed by atoms with Crippen molar-refractivity contribution >= 4 is 30.1 Å². The van der Waals surface area contributed by atoms with E-state index in [1.54, 1.807) is 0 Å². The number of nitrogens with one attached hydrogen (secondary N) is 2. The molecule has 1 aromatic carbocycles. The van der Waals surface area contributed by atoms with Gasteiger partial charge in [-0.3, -0.25) is 4.79 Å². The largest absolute Gasteiger partial charge is 0.355 e. The maximum absolute atomic E-state index is 12.1. The lowest BCUT2D eigenvalue weighted by molar-refractivity contribution is -0.121. The van der Waals surface area contributed by atoms with Crippen molar-refractivity contribution < 1.29 is 4.79 Å². The van der Waals surface area contributed by atoms with Crippen molar-refractivity contribution in [2.24, 2.45) is 0 Å². The zero-order valence-corrected chi connectivity index (χ0v) is 14.7. The first-order valence-electron chi connectivity index (χ1n) is 7.84. The van der Waals surface area contributed by atoms with E-state index >= 15 is 0 Å². The van der Waals surface area contributed by atoms with E-state index < -0.39 is 0 Å². The summed E-state index contributed by atoms with van der Waals surface area (Å²) in [6.45, 7) is 3.98. The fraction of sp³-hybridized carbons (Fsp3) is 0.588. The molecule has 0 bridgehead atoms. The summed E-state index contributed by atoms with van der Waals surface area (Å²) in [5.74, 6) is 2.40. The van der Waals surface area contributed by atoms with E-state index in [1.165, 1.54) is 24.0 Å². The van der Waals surface area contributed by atoms with Crippen molar-refractivity contribution in [3.63, 3.8) is 0 Å². The molecule has 1 saturated heterocycles. The molecule has 0 radical (unpaired) electrons. The Morgan fingerprint density at radius 2 is 2.18 bits per heavy atom. The Balaban J connectivity index is 0.00000176. The molecule has 1 saturated carbocycles. The van der Waals surface area contributed by atoms with Gasteiger partial charge < -0.3 is 10.6 Å². The summed E-state index contributed by atoms with van der Waals surface area (Å²) in [6, 6.07) is 8.92. The van der Waals surface area contributed by atoms with Crippen molar-refractivity contribution in [2.45, 2.75) is 37.6 Å². The van der Waals surface area contributed by atoms with Crippen molar-refractivity contribution in [1.29, 1.82) is 0 Å². The molecule has 0 spiro atoms. The zero-order valence-electron chi connectivity index (χ0n) is 13.1. The van der Waals surface area contributed by atoms with Crippen molar-refractivity contribution in [3.8, 4) is 0 Å². The van der Waals surface area contributed by atoms with Gasteiger partial charge in [-0.1, -0.05) is 24.3 Å². The number of hydrogen-bond donors (Lipinski definition) is 2. The third-order valence-corrected chi connectivity index (χ3v) is 5.76. The van der Waals surface area contributed by atoms with Gasteiger partial charge in [-0.15, -0.1) is 12.4 Å². The van der Waals surface area contributed by atoms with Gasteiger partial charge in [0.1, 0.15) is 0 Å². The highest BCUT2D eigenvalue weighted by Crippen LogP contribution is 2.48. The smallest absolute Gasteiger partial charge is 0.221 e. The molecule has 1 amide bonds. The molecule has 3 rings (SSSR count). The molecule has 22 heavy (non-hydrogen) atoms. The lowest BCUT2D eigenvalue weighted by Gasteiger charge is -2.23. The van der Waals surface area contributed by atoms with Crippen molar-refractivity contribution in [1.82, 2.24) is 10.6 Å². The first-order chi connectivity index (χ1) is 10.2. The number of rotatable bonds is 5. The number of halogens is 1. The third-order valence-electron chi connectivity index (χ3n) is 4.62. The maximum atomic E-state index is 12.1. The van der Waals surface area contributed by atoms with E-state index in [9.17, 15) is 4.79 Å². The highest BCUT2D eigenvalue weighted by Gasteiger charge is 2.45. The van der Waals surface area contributed by atoms with Crippen molar-refractivity contribution in [3.05, 3.63) is 35.4 Å². The van der Waals surface area contributed by atoms with Crippen LogP contribution in [0.15, 0.2) is 24.3 Å². The van der Waals surface area contributed by atoms with Gasteiger partial charge in [-0.25, -0.2) is 0 Å². The minimum atomic E-state index is 0. The number of aryl methyl sites for hydroxylation is 1. The van der Waals surface area contributed by atoms with E-state index in [0.29, 0.717) is 12.5 Å². The predicted octanol–water partition coefficient (Wildman–Crippen LogP) is 2.66. The Kier molecular flexibility index (Phi) is 6.18. The van der Waals surface area contributed by atoms with Crippen LogP contribution in [0.5, 0.6) is 0 Å². The Labute approximate surface area is 143 Å². The van der Waals surface area contributed by atoms with Gasteiger partial charge in [0, 0.05) is 42.5 Å². The Morgan fingerprint density at radius 3 is 2.82 bits per heavy atom. The van der Waals surface area contributed by atoms with Crippen LogP contribution in [0, 0.1) is 6.92 Å². The first kappa shape index (κ1) is 17.6. The van der Waals surface area contributed by atoms with E-state index in [4.69, 9.17) is 0 Å². The van der Waals surface area contributed by atoms with Gasteiger partial charge in [0.2, 0.25) is 5.91 Å². The molecule has 1 aliphatic heterocycles. The molecule has 2 aliphatic rings. The van der Waals surface area contributed by atoms with Gasteiger partial charge >= 0.3 is 0 Å². The van der Waals surface area contributed by atoms with E-state index in [-0.39, 0.29) is 23.7 Å². The van der Waals surface area contributed by atoms with E-state index in [2.05, 4.69) is 41.8 Å². The summed E-state index contributed by atoms with van der Waals surface area (Å²) < 4.78 is 0. The molecule has 1 aromatic rings. The molecule has 2 fully saturated rings. The minimum absolute atomic E-state index is 0. The van der Waals surface area contributed by atoms with Crippen LogP contribution in [0.1, 0.15) is 30.4 Å². The number of benzene rings is 1. The van der Waals surface area contributed by atoms with Crippen LogP contribution in [0.2, 0.25) is 0 Å². The minimum Gasteiger partial charge on any atom is -0.355 e. The van der Waals surface area contributed by atoms with Gasteiger partial charge in [0.05, 0.1) is 0 Å². The molecule has 5 heteroatoms. The average Bonchev–Trinajstić information content (AvgIpc) is 3.28. The molecule has 1 heterocycles. The normalized spacial score (nSPS) is 22.5. The molecule has 2 N–H and O–H groups in total. The SMILES string of the molecule is Cc1ccccc1C1(CNC(=O)CC2CSCCN2)CC1.Cl. The summed E-state index contributed by atoms with van der Waals surface area (Å²) in [5.41, 5.74) is 2.96. The van der Waals surface area contributed by atoms with Crippen LogP contribution in [-0.4, -0.2) is 36.5 Å². The van der Waals surface area contributed by atoms with E-state index in [0.717, 1.165) is 24.6 Å². The molecule has 1 atom stereocenters. The highest BCUT2D eigenvalue weighted by molar-refractivity contribution is 7.99. The van der Waals surface area contributed by atoms with Gasteiger partial charge in [0.25, 0.3) is 0 Å². The monoisotopic (exact) mass is 340 g/mol. The molecule has 122 valence electrons. The van der Waals surface area contributed by atoms with Crippen LogP contribution in [0.25, 0.3) is 0 Å². The second kappa shape index (κ2) is 7.71. The second-order valence-corrected chi connectivity index (χ2v) is 7.45. The molecular formula is C17H25ClN2OS. The third kappa shape index (κ3) is 4.18. The van der Waals surface area contributed by atoms with Crippen molar-refractivity contribution in [2.75, 3.05) is 24.6 Å². The number of carbonyl (C=O) groups is 1. The average molecular weight is 341 g/mol. The number of carbonyl (C=O) groups excluding carboxylic acids is 1. The quantitative estimate of drug-likeness (QED) is 0.865. The Bertz CT molecular complexity index is 513. The second-order valence-electron chi connectivity index (χ2n) is 6.30. The lowest BCUT2D eigenvalue weighted by Crippen LogP contribution is -2.42. The summed E-state index contributed by atoms with van der Waals surface area (Å²) in [5, 5.41) is 6.59. The molecule has 3 nitrogen and oxygen atoms in total. The fourth-order valence-corrected chi connectivity index (χ4v) is 4.12. The van der Waals surface area contributed by atoms with Crippen LogP contribution in [0.3, 0.4) is 0 Å². The summed E-state index contributed by atoms with van der Waals surface area (Å²) >= 11 is 1.94. The molecular weight excluding hydrogens is 316 g/mol.